The molecule has 1 aromatic carbocycles. The highest BCUT2D eigenvalue weighted by molar-refractivity contribution is 7.13. The van der Waals surface area contributed by atoms with Crippen LogP contribution in [0.15, 0.2) is 42.6 Å². The van der Waals surface area contributed by atoms with E-state index in [4.69, 9.17) is 4.74 Å². The molecule has 3 rings (SSSR count). The fourth-order valence-electron chi connectivity index (χ4n) is 2.47. The molecule has 2 amide bonds. The van der Waals surface area contributed by atoms with Crippen LogP contribution >= 0.6 is 11.3 Å². The van der Waals surface area contributed by atoms with Crippen molar-refractivity contribution in [3.05, 3.63) is 58.0 Å². The first-order valence-corrected chi connectivity index (χ1v) is 9.56. The molecule has 0 atom stereocenters. The Kier molecular flexibility index (Phi) is 6.05. The maximum absolute atomic E-state index is 12.1. The lowest BCUT2D eigenvalue weighted by molar-refractivity contribution is 0.0954. The Labute approximate surface area is 166 Å². The number of amides is 2. The van der Waals surface area contributed by atoms with Gasteiger partial charge in [0.25, 0.3) is 5.91 Å². The Balaban J connectivity index is 1.62. The maximum Gasteiger partial charge on any atom is 0.413 e. The highest BCUT2D eigenvalue weighted by Gasteiger charge is 2.12. The van der Waals surface area contributed by atoms with E-state index < -0.39 is 6.09 Å². The van der Waals surface area contributed by atoms with E-state index >= 15 is 0 Å². The van der Waals surface area contributed by atoms with Crippen LogP contribution in [0, 0.1) is 6.92 Å². The lowest BCUT2D eigenvalue weighted by Gasteiger charge is -2.16. The van der Waals surface area contributed by atoms with Gasteiger partial charge in [-0.3, -0.25) is 9.69 Å². The van der Waals surface area contributed by atoms with Crippen LogP contribution in [0.3, 0.4) is 0 Å². The number of aromatic nitrogens is 3. The Hall–Kier alpha value is -3.20. The van der Waals surface area contributed by atoms with Gasteiger partial charge in [0.15, 0.2) is 0 Å². The summed E-state index contributed by atoms with van der Waals surface area (Å²) in [6.45, 7) is 4.34. The molecule has 0 saturated heterocycles. The van der Waals surface area contributed by atoms with Gasteiger partial charge >= 0.3 is 6.09 Å². The number of aryl methyl sites for hydroxylation is 1. The number of nitrogens with zero attached hydrogens (tertiary/aromatic N) is 4. The third-order valence-corrected chi connectivity index (χ3v) is 4.98. The van der Waals surface area contributed by atoms with Gasteiger partial charge in [-0.25, -0.2) is 9.48 Å². The Morgan fingerprint density at radius 3 is 2.61 bits per heavy atom. The zero-order valence-corrected chi connectivity index (χ0v) is 16.7. The molecule has 0 aliphatic rings. The molecular weight excluding hydrogens is 378 g/mol. The van der Waals surface area contributed by atoms with Crippen molar-refractivity contribution < 1.29 is 14.3 Å². The van der Waals surface area contributed by atoms with E-state index in [9.17, 15) is 9.59 Å². The van der Waals surface area contributed by atoms with Crippen molar-refractivity contribution in [1.29, 1.82) is 0 Å². The highest BCUT2D eigenvalue weighted by Crippen LogP contribution is 2.17. The SMILES string of the molecule is CCOC(=O)N(C)c1ccc(-n2cc(CNC(=O)c3ccc(C)s3)nn2)cc1. The van der Waals surface area contributed by atoms with Crippen LogP contribution in [0.25, 0.3) is 5.69 Å². The molecule has 3 aromatic rings. The summed E-state index contributed by atoms with van der Waals surface area (Å²) >= 11 is 1.45. The minimum absolute atomic E-state index is 0.126. The van der Waals surface area contributed by atoms with Gasteiger partial charge < -0.3 is 10.1 Å². The number of hydrogen-bond donors (Lipinski definition) is 1. The number of carbonyl (C=O) groups excluding carboxylic acids is 2. The first-order chi connectivity index (χ1) is 13.5. The molecule has 0 fully saturated rings. The molecule has 8 nitrogen and oxygen atoms in total. The van der Waals surface area contributed by atoms with E-state index in [1.807, 2.05) is 25.1 Å². The van der Waals surface area contributed by atoms with Crippen LogP contribution in [-0.2, 0) is 11.3 Å². The fourth-order valence-corrected chi connectivity index (χ4v) is 3.26. The molecule has 2 heterocycles. The van der Waals surface area contributed by atoms with Gasteiger partial charge in [-0.15, -0.1) is 16.4 Å². The molecule has 1 N–H and O–H groups in total. The minimum atomic E-state index is -0.407. The average molecular weight is 399 g/mol. The normalized spacial score (nSPS) is 10.5. The quantitative estimate of drug-likeness (QED) is 0.688. The van der Waals surface area contributed by atoms with Gasteiger partial charge in [0, 0.05) is 17.6 Å². The summed E-state index contributed by atoms with van der Waals surface area (Å²) in [5.41, 5.74) is 2.15. The molecule has 28 heavy (non-hydrogen) atoms. The van der Waals surface area contributed by atoms with Crippen molar-refractivity contribution in [3.8, 4) is 5.69 Å². The molecule has 146 valence electrons. The third-order valence-electron chi connectivity index (χ3n) is 3.98. The van der Waals surface area contributed by atoms with Gasteiger partial charge in [0.1, 0.15) is 5.69 Å². The van der Waals surface area contributed by atoms with Crippen molar-refractivity contribution in [2.45, 2.75) is 20.4 Å². The van der Waals surface area contributed by atoms with Crippen molar-refractivity contribution >= 4 is 29.0 Å². The number of rotatable bonds is 6. The second-order valence-corrected chi connectivity index (χ2v) is 7.31. The summed E-state index contributed by atoms with van der Waals surface area (Å²) in [6, 6.07) is 11.0. The van der Waals surface area contributed by atoms with E-state index in [1.54, 1.807) is 43.0 Å². The highest BCUT2D eigenvalue weighted by atomic mass is 32.1. The summed E-state index contributed by atoms with van der Waals surface area (Å²) in [7, 11) is 1.65. The molecule has 0 spiro atoms. The van der Waals surface area contributed by atoms with Crippen molar-refractivity contribution in [2.75, 3.05) is 18.6 Å². The third kappa shape index (κ3) is 4.55. The number of hydrogen-bond acceptors (Lipinski definition) is 6. The number of anilines is 1. The van der Waals surface area contributed by atoms with Crippen LogP contribution in [0.5, 0.6) is 0 Å². The number of benzene rings is 1. The topological polar surface area (TPSA) is 89.4 Å². The van der Waals surface area contributed by atoms with Crippen molar-refractivity contribution in [1.82, 2.24) is 20.3 Å². The van der Waals surface area contributed by atoms with Gasteiger partial charge in [-0.2, -0.15) is 0 Å². The molecular formula is C19H21N5O3S. The average Bonchev–Trinajstić information content (AvgIpc) is 3.35. The molecule has 0 bridgehead atoms. The number of nitrogens with one attached hydrogen (secondary N) is 1. The molecule has 0 unspecified atom stereocenters. The first kappa shape index (κ1) is 19.6. The van der Waals surface area contributed by atoms with E-state index in [0.717, 1.165) is 10.6 Å². The lowest BCUT2D eigenvalue weighted by Crippen LogP contribution is -2.26. The van der Waals surface area contributed by atoms with Crippen LogP contribution in [0.2, 0.25) is 0 Å². The minimum Gasteiger partial charge on any atom is -0.449 e. The monoisotopic (exact) mass is 399 g/mol. The zero-order valence-electron chi connectivity index (χ0n) is 15.9. The lowest BCUT2D eigenvalue weighted by atomic mass is 10.2. The largest absolute Gasteiger partial charge is 0.449 e. The maximum atomic E-state index is 12.1. The summed E-state index contributed by atoms with van der Waals surface area (Å²) < 4.78 is 6.60. The van der Waals surface area contributed by atoms with E-state index in [1.165, 1.54) is 16.2 Å². The summed E-state index contributed by atoms with van der Waals surface area (Å²) in [6.07, 6.45) is 1.35. The standard InChI is InChI=1S/C19H21N5O3S/c1-4-27-19(26)23(3)15-6-8-16(9-7-15)24-12-14(21-22-24)11-20-18(25)17-10-5-13(2)28-17/h5-10,12H,4,11H2,1-3H3,(H,20,25). The van der Waals surface area contributed by atoms with Gasteiger partial charge in [0.2, 0.25) is 0 Å². The second kappa shape index (κ2) is 8.66. The van der Waals surface area contributed by atoms with Gasteiger partial charge in [-0.05, 0) is 50.2 Å². The van der Waals surface area contributed by atoms with Crippen molar-refractivity contribution in [3.63, 3.8) is 0 Å². The smallest absolute Gasteiger partial charge is 0.413 e. The first-order valence-electron chi connectivity index (χ1n) is 8.74. The van der Waals surface area contributed by atoms with Crippen molar-refractivity contribution in [2.24, 2.45) is 0 Å². The summed E-state index contributed by atoms with van der Waals surface area (Å²) in [5, 5.41) is 11.0. The second-order valence-electron chi connectivity index (χ2n) is 6.02. The molecule has 0 aliphatic heterocycles. The number of carbonyl (C=O) groups is 2. The number of ether oxygens (including phenoxy) is 1. The molecule has 2 aromatic heterocycles. The zero-order chi connectivity index (χ0) is 20.1. The fraction of sp³-hybridized carbons (Fsp3) is 0.263. The van der Waals surface area contributed by atoms with E-state index in [2.05, 4.69) is 15.6 Å². The molecule has 9 heteroatoms. The van der Waals surface area contributed by atoms with E-state index in [0.29, 0.717) is 29.4 Å². The van der Waals surface area contributed by atoms with E-state index in [-0.39, 0.29) is 5.91 Å². The van der Waals surface area contributed by atoms with Gasteiger partial charge in [-0.1, -0.05) is 5.21 Å². The number of thiophene rings is 1. The van der Waals surface area contributed by atoms with Gasteiger partial charge in [0.05, 0.1) is 29.9 Å². The Bertz CT molecular complexity index is 964. The molecule has 0 aliphatic carbocycles. The van der Waals surface area contributed by atoms with Crippen LogP contribution in [-0.4, -0.2) is 40.6 Å². The van der Waals surface area contributed by atoms with Crippen LogP contribution < -0.4 is 10.2 Å². The van der Waals surface area contributed by atoms with Crippen LogP contribution in [0.1, 0.15) is 27.2 Å². The predicted octanol–water partition coefficient (Wildman–Crippen LogP) is 3.16. The predicted molar refractivity (Wildman–Crippen MR) is 107 cm³/mol. The van der Waals surface area contributed by atoms with Crippen LogP contribution in [0.4, 0.5) is 10.5 Å². The summed E-state index contributed by atoms with van der Waals surface area (Å²) in [5.74, 6) is -0.126. The summed E-state index contributed by atoms with van der Waals surface area (Å²) in [4.78, 5) is 27.1. The molecule has 0 saturated carbocycles. The molecule has 0 radical (unpaired) electrons. The Morgan fingerprint density at radius 1 is 1.21 bits per heavy atom. The Morgan fingerprint density at radius 2 is 1.96 bits per heavy atom.